The smallest absolute Gasteiger partial charge is 0.324 e. The lowest BCUT2D eigenvalue weighted by molar-refractivity contribution is -0.380. The predicted octanol–water partition coefficient (Wildman–Crippen LogP) is 3.76. The highest BCUT2D eigenvalue weighted by Crippen LogP contribution is 2.34. The molecule has 108 valence electrons. The molecule has 0 aliphatic heterocycles. The fourth-order valence-electron chi connectivity index (χ4n) is 2.57. The Labute approximate surface area is 128 Å². The third kappa shape index (κ3) is 1.79. The van der Waals surface area contributed by atoms with Gasteiger partial charge in [-0.2, -0.15) is 0 Å². The van der Waals surface area contributed by atoms with Gasteiger partial charge in [0.1, 0.15) is 0 Å². The summed E-state index contributed by atoms with van der Waals surface area (Å²) in [6.07, 6.45) is 1.75. The molecule has 3 aromatic heterocycles. The number of aromatic nitrogens is 3. The standard InChI is InChI=1S/C15H10N4O2S/c1-18-11-5-4-10-9(3-2-8-16-10)14(11)17-15(18)12-6-7-13(22-12)19(20)21/h2-8H,1H3. The number of pyridine rings is 1. The molecular weight excluding hydrogens is 300 g/mol. The SMILES string of the molecule is Cn1c(-c2ccc([N+](=O)[O-])s2)nc2c3cccnc3ccc21. The summed E-state index contributed by atoms with van der Waals surface area (Å²) in [5.41, 5.74) is 2.72. The minimum atomic E-state index is -0.379. The van der Waals surface area contributed by atoms with Crippen LogP contribution in [0.5, 0.6) is 0 Å². The second-order valence-electron chi connectivity index (χ2n) is 4.89. The van der Waals surface area contributed by atoms with E-state index in [2.05, 4.69) is 4.98 Å². The van der Waals surface area contributed by atoms with Gasteiger partial charge in [0.05, 0.1) is 26.4 Å². The maximum absolute atomic E-state index is 10.9. The van der Waals surface area contributed by atoms with E-state index in [1.54, 1.807) is 12.3 Å². The zero-order valence-corrected chi connectivity index (χ0v) is 12.4. The zero-order valence-electron chi connectivity index (χ0n) is 11.6. The second-order valence-corrected chi connectivity index (χ2v) is 5.96. The van der Waals surface area contributed by atoms with Gasteiger partial charge in [0.25, 0.3) is 0 Å². The average Bonchev–Trinajstić information content (AvgIpc) is 3.12. The number of hydrogen-bond donors (Lipinski definition) is 0. The van der Waals surface area contributed by atoms with Crippen LogP contribution in [0.2, 0.25) is 0 Å². The van der Waals surface area contributed by atoms with Crippen molar-refractivity contribution in [2.75, 3.05) is 0 Å². The fraction of sp³-hybridized carbons (Fsp3) is 0.0667. The summed E-state index contributed by atoms with van der Waals surface area (Å²) in [4.78, 5) is 20.3. The van der Waals surface area contributed by atoms with Crippen molar-refractivity contribution < 1.29 is 4.92 Å². The fourth-order valence-corrected chi connectivity index (χ4v) is 3.42. The Bertz CT molecular complexity index is 1030. The molecule has 6 nitrogen and oxygen atoms in total. The molecule has 0 bridgehead atoms. The molecular formula is C15H10N4O2S. The molecule has 0 fully saturated rings. The first kappa shape index (κ1) is 12.9. The summed E-state index contributed by atoms with van der Waals surface area (Å²) in [6.45, 7) is 0. The number of imidazole rings is 1. The molecule has 4 aromatic rings. The van der Waals surface area contributed by atoms with Crippen molar-refractivity contribution in [2.24, 2.45) is 7.05 Å². The molecule has 1 aromatic carbocycles. The largest absolute Gasteiger partial charge is 0.326 e. The van der Waals surface area contributed by atoms with Crippen molar-refractivity contribution in [3.63, 3.8) is 0 Å². The maximum atomic E-state index is 10.9. The van der Waals surface area contributed by atoms with E-state index in [0.717, 1.165) is 44.0 Å². The molecule has 0 aliphatic rings. The number of aryl methyl sites for hydroxylation is 1. The number of hydrogen-bond acceptors (Lipinski definition) is 5. The highest BCUT2D eigenvalue weighted by atomic mass is 32.1. The lowest BCUT2D eigenvalue weighted by Crippen LogP contribution is -1.90. The summed E-state index contributed by atoms with van der Waals surface area (Å²) in [6, 6.07) is 11.1. The van der Waals surface area contributed by atoms with Gasteiger partial charge >= 0.3 is 5.00 Å². The molecule has 0 amide bonds. The van der Waals surface area contributed by atoms with Crippen LogP contribution in [-0.4, -0.2) is 19.5 Å². The quantitative estimate of drug-likeness (QED) is 0.417. The molecule has 0 aliphatic carbocycles. The third-order valence-corrected chi connectivity index (χ3v) is 4.66. The van der Waals surface area contributed by atoms with Crippen molar-refractivity contribution in [1.82, 2.24) is 14.5 Å². The summed E-state index contributed by atoms with van der Waals surface area (Å²) in [5, 5.41) is 12.0. The minimum absolute atomic E-state index is 0.119. The first-order valence-corrected chi connectivity index (χ1v) is 7.41. The van der Waals surface area contributed by atoms with Crippen molar-refractivity contribution >= 4 is 38.3 Å². The van der Waals surface area contributed by atoms with Crippen LogP contribution < -0.4 is 0 Å². The molecule has 0 saturated heterocycles. The van der Waals surface area contributed by atoms with E-state index < -0.39 is 0 Å². The first-order valence-electron chi connectivity index (χ1n) is 6.60. The van der Waals surface area contributed by atoms with Gasteiger partial charge in [-0.3, -0.25) is 15.1 Å². The van der Waals surface area contributed by atoms with Gasteiger partial charge in [-0.05, 0) is 30.3 Å². The lowest BCUT2D eigenvalue weighted by Gasteiger charge is -1.99. The lowest BCUT2D eigenvalue weighted by atomic mass is 10.2. The molecule has 22 heavy (non-hydrogen) atoms. The van der Waals surface area contributed by atoms with Crippen LogP contribution in [0.25, 0.3) is 32.6 Å². The molecule has 7 heteroatoms. The highest BCUT2D eigenvalue weighted by molar-refractivity contribution is 7.18. The van der Waals surface area contributed by atoms with E-state index in [4.69, 9.17) is 4.98 Å². The van der Waals surface area contributed by atoms with Crippen LogP contribution in [0.1, 0.15) is 0 Å². The minimum Gasteiger partial charge on any atom is -0.326 e. The zero-order chi connectivity index (χ0) is 15.3. The molecule has 0 atom stereocenters. The summed E-state index contributed by atoms with van der Waals surface area (Å²) < 4.78 is 1.96. The van der Waals surface area contributed by atoms with Crippen LogP contribution in [0, 0.1) is 10.1 Å². The topological polar surface area (TPSA) is 73.8 Å². The van der Waals surface area contributed by atoms with Gasteiger partial charge in [0.15, 0.2) is 5.82 Å². The van der Waals surface area contributed by atoms with Crippen LogP contribution in [0.4, 0.5) is 5.00 Å². The number of nitro groups is 1. The average molecular weight is 310 g/mol. The number of benzene rings is 1. The van der Waals surface area contributed by atoms with Gasteiger partial charge in [0, 0.05) is 24.7 Å². The van der Waals surface area contributed by atoms with E-state index in [1.807, 2.05) is 35.9 Å². The Kier molecular flexibility index (Phi) is 2.70. The summed E-state index contributed by atoms with van der Waals surface area (Å²) >= 11 is 1.13. The van der Waals surface area contributed by atoms with Crippen molar-refractivity contribution in [3.05, 3.63) is 52.7 Å². The summed E-state index contributed by atoms with van der Waals surface area (Å²) in [7, 11) is 1.92. The Hall–Kier alpha value is -2.80. The molecule has 0 spiro atoms. The van der Waals surface area contributed by atoms with Crippen molar-refractivity contribution in [3.8, 4) is 10.7 Å². The number of nitrogens with zero attached hydrogens (tertiary/aromatic N) is 4. The van der Waals surface area contributed by atoms with Crippen LogP contribution >= 0.6 is 11.3 Å². The van der Waals surface area contributed by atoms with Gasteiger partial charge in [0.2, 0.25) is 0 Å². The second kappa shape index (κ2) is 4.60. The van der Waals surface area contributed by atoms with Gasteiger partial charge in [-0.15, -0.1) is 0 Å². The Morgan fingerprint density at radius 2 is 2.09 bits per heavy atom. The first-order chi connectivity index (χ1) is 10.6. The highest BCUT2D eigenvalue weighted by Gasteiger charge is 2.17. The van der Waals surface area contributed by atoms with Crippen LogP contribution in [0.15, 0.2) is 42.6 Å². The Morgan fingerprint density at radius 1 is 1.23 bits per heavy atom. The number of rotatable bonds is 2. The van der Waals surface area contributed by atoms with E-state index in [9.17, 15) is 10.1 Å². The Balaban J connectivity index is 2.00. The maximum Gasteiger partial charge on any atom is 0.324 e. The van der Waals surface area contributed by atoms with Crippen LogP contribution in [-0.2, 0) is 7.05 Å². The van der Waals surface area contributed by atoms with E-state index in [-0.39, 0.29) is 9.92 Å². The molecule has 4 rings (SSSR count). The molecule has 0 unspecified atom stereocenters. The van der Waals surface area contributed by atoms with Gasteiger partial charge in [-0.1, -0.05) is 11.3 Å². The van der Waals surface area contributed by atoms with Crippen molar-refractivity contribution in [2.45, 2.75) is 0 Å². The molecule has 0 N–H and O–H groups in total. The molecule has 3 heterocycles. The monoisotopic (exact) mass is 310 g/mol. The normalized spacial score (nSPS) is 11.3. The summed E-state index contributed by atoms with van der Waals surface area (Å²) in [5.74, 6) is 0.726. The van der Waals surface area contributed by atoms with E-state index >= 15 is 0 Å². The number of thiophene rings is 1. The van der Waals surface area contributed by atoms with E-state index in [0.29, 0.717) is 0 Å². The van der Waals surface area contributed by atoms with E-state index in [1.165, 1.54) is 6.07 Å². The van der Waals surface area contributed by atoms with Crippen molar-refractivity contribution in [1.29, 1.82) is 0 Å². The number of fused-ring (bicyclic) bond motifs is 3. The predicted molar refractivity (Wildman–Crippen MR) is 86.0 cm³/mol. The van der Waals surface area contributed by atoms with Crippen LogP contribution in [0.3, 0.4) is 0 Å². The molecule has 0 radical (unpaired) electrons. The Morgan fingerprint density at radius 3 is 2.86 bits per heavy atom. The van der Waals surface area contributed by atoms with Gasteiger partial charge < -0.3 is 4.57 Å². The molecule has 0 saturated carbocycles. The van der Waals surface area contributed by atoms with Gasteiger partial charge in [-0.25, -0.2) is 4.98 Å². The third-order valence-electron chi connectivity index (χ3n) is 3.62.